The summed E-state index contributed by atoms with van der Waals surface area (Å²) < 4.78 is 29.6. The molecule has 1 aliphatic carbocycles. The molecule has 1 saturated carbocycles. The van der Waals surface area contributed by atoms with Crippen molar-refractivity contribution in [3.8, 4) is 0 Å². The molecule has 0 bridgehead atoms. The number of carbonyl (C=O) groups is 2. The molecule has 4 aromatic rings. The Bertz CT molecular complexity index is 1780. The number of carbonyl (C=O) groups excluding carboxylic acids is 2. The first-order valence-electron chi connectivity index (χ1n) is 16.2. The van der Waals surface area contributed by atoms with Crippen LogP contribution in [0.5, 0.6) is 0 Å². The lowest BCUT2D eigenvalue weighted by molar-refractivity contribution is -0.140. The lowest BCUT2D eigenvalue weighted by atomic mass is 9.94. The van der Waals surface area contributed by atoms with Crippen LogP contribution in [-0.2, 0) is 32.6 Å². The first-order chi connectivity index (χ1) is 22.6. The minimum absolute atomic E-state index is 0.0361. The Hall–Kier alpha value is -4.14. The van der Waals surface area contributed by atoms with Crippen molar-refractivity contribution in [3.05, 3.63) is 130 Å². The predicted octanol–water partition coefficient (Wildman–Crippen LogP) is 7.24. The number of aryl methyl sites for hydroxylation is 2. The van der Waals surface area contributed by atoms with E-state index in [1.165, 1.54) is 12.1 Å². The highest BCUT2D eigenvalue weighted by Gasteiger charge is 2.36. The van der Waals surface area contributed by atoms with E-state index in [0.29, 0.717) is 16.3 Å². The molecule has 1 N–H and O–H groups in total. The van der Waals surface area contributed by atoms with Crippen LogP contribution < -0.4 is 9.62 Å². The van der Waals surface area contributed by atoms with Gasteiger partial charge in [-0.25, -0.2) is 8.42 Å². The Morgan fingerprint density at radius 1 is 0.830 bits per heavy atom. The second-order valence-corrected chi connectivity index (χ2v) is 14.6. The molecule has 0 aliphatic heterocycles. The minimum atomic E-state index is -4.20. The molecule has 246 valence electrons. The van der Waals surface area contributed by atoms with Crippen LogP contribution in [0, 0.1) is 13.8 Å². The molecule has 1 unspecified atom stereocenters. The number of nitrogens with zero attached hydrogens (tertiary/aromatic N) is 2. The van der Waals surface area contributed by atoms with Crippen LogP contribution in [0.3, 0.4) is 0 Å². The average molecular weight is 672 g/mol. The van der Waals surface area contributed by atoms with Gasteiger partial charge in [-0.3, -0.25) is 13.9 Å². The van der Waals surface area contributed by atoms with Gasteiger partial charge in [-0.2, -0.15) is 0 Å². The molecule has 0 radical (unpaired) electrons. The van der Waals surface area contributed by atoms with Crippen LogP contribution in [-0.4, -0.2) is 43.8 Å². The first-order valence-corrected chi connectivity index (χ1v) is 18.0. The van der Waals surface area contributed by atoms with Crippen molar-refractivity contribution in [2.75, 3.05) is 10.8 Å². The fraction of sp³-hybridized carbons (Fsp3) is 0.316. The van der Waals surface area contributed by atoms with Gasteiger partial charge in [-0.15, -0.1) is 0 Å². The summed E-state index contributed by atoms with van der Waals surface area (Å²) in [5.41, 5.74) is 3.69. The number of hydrogen-bond acceptors (Lipinski definition) is 4. The third kappa shape index (κ3) is 8.62. The smallest absolute Gasteiger partial charge is 0.264 e. The Morgan fingerprint density at radius 2 is 1.47 bits per heavy atom. The summed E-state index contributed by atoms with van der Waals surface area (Å²) in [7, 11) is -4.20. The molecule has 9 heteroatoms. The third-order valence-corrected chi connectivity index (χ3v) is 10.9. The highest BCUT2D eigenvalue weighted by molar-refractivity contribution is 7.92. The topological polar surface area (TPSA) is 86.8 Å². The summed E-state index contributed by atoms with van der Waals surface area (Å²) in [6, 6.07) is 29.5. The van der Waals surface area contributed by atoms with Crippen LogP contribution in [0.2, 0.25) is 5.02 Å². The molecule has 1 fully saturated rings. The van der Waals surface area contributed by atoms with Gasteiger partial charge in [0.1, 0.15) is 12.6 Å². The van der Waals surface area contributed by atoms with Gasteiger partial charge in [0.05, 0.1) is 10.6 Å². The number of hydrogen-bond donors (Lipinski definition) is 1. The molecule has 4 aromatic carbocycles. The summed E-state index contributed by atoms with van der Waals surface area (Å²) >= 11 is 6.39. The lowest BCUT2D eigenvalue weighted by Crippen LogP contribution is -2.55. The van der Waals surface area contributed by atoms with Crippen molar-refractivity contribution in [1.82, 2.24) is 10.2 Å². The van der Waals surface area contributed by atoms with Gasteiger partial charge in [-0.05, 0) is 73.2 Å². The normalized spacial score (nSPS) is 14.3. The average Bonchev–Trinajstić information content (AvgIpc) is 3.08. The summed E-state index contributed by atoms with van der Waals surface area (Å²) in [6.07, 6.45) is 5.31. The molecule has 0 saturated heterocycles. The quantitative estimate of drug-likeness (QED) is 0.172. The van der Waals surface area contributed by atoms with Crippen molar-refractivity contribution in [2.45, 2.75) is 75.9 Å². The lowest BCUT2D eigenvalue weighted by Gasteiger charge is -2.35. The van der Waals surface area contributed by atoms with Gasteiger partial charge in [0.15, 0.2) is 0 Å². The van der Waals surface area contributed by atoms with Crippen LogP contribution in [0.1, 0.15) is 54.4 Å². The highest BCUT2D eigenvalue weighted by Crippen LogP contribution is 2.30. The maximum absolute atomic E-state index is 14.8. The van der Waals surface area contributed by atoms with Gasteiger partial charge >= 0.3 is 0 Å². The fourth-order valence-corrected chi connectivity index (χ4v) is 7.81. The van der Waals surface area contributed by atoms with Crippen molar-refractivity contribution in [1.29, 1.82) is 0 Å². The molecule has 1 aliphatic rings. The summed E-state index contributed by atoms with van der Waals surface area (Å²) in [4.78, 5) is 30.6. The monoisotopic (exact) mass is 671 g/mol. The zero-order chi connectivity index (χ0) is 33.4. The molecule has 2 amide bonds. The molecule has 0 spiro atoms. The van der Waals surface area contributed by atoms with E-state index in [9.17, 15) is 18.0 Å². The number of anilines is 1. The number of nitrogens with one attached hydrogen (secondary N) is 1. The number of rotatable bonds is 12. The highest BCUT2D eigenvalue weighted by atomic mass is 35.5. The van der Waals surface area contributed by atoms with Crippen LogP contribution in [0.25, 0.3) is 0 Å². The van der Waals surface area contributed by atoms with Gasteiger partial charge in [0, 0.05) is 24.0 Å². The van der Waals surface area contributed by atoms with E-state index < -0.39 is 28.5 Å². The summed E-state index contributed by atoms with van der Waals surface area (Å²) in [6.45, 7) is 3.36. The number of halogens is 1. The zero-order valence-corrected chi connectivity index (χ0v) is 28.5. The standard InChI is InChI=1S/C38H42ClN3O4S/c1-28-14-12-13-17-31(28)26-41(36(24-30-15-6-3-7-16-30)38(44)40-33-18-8-4-9-19-33)37(43)27-42(35-25-32(39)23-22-29(35)2)47(45,46)34-20-10-5-11-21-34/h3,5-7,10-17,20-23,25,33,36H,4,8-9,18-19,24,26-27H2,1-2H3,(H,40,44). The zero-order valence-electron chi connectivity index (χ0n) is 26.9. The van der Waals surface area contributed by atoms with Crippen LogP contribution in [0.15, 0.2) is 108 Å². The maximum atomic E-state index is 14.8. The fourth-order valence-electron chi connectivity index (χ4n) is 6.15. The third-order valence-electron chi connectivity index (χ3n) is 8.87. The molecule has 5 rings (SSSR count). The van der Waals surface area contributed by atoms with E-state index in [1.807, 2.05) is 61.5 Å². The van der Waals surface area contributed by atoms with E-state index in [1.54, 1.807) is 48.2 Å². The van der Waals surface area contributed by atoms with E-state index in [-0.39, 0.29) is 29.8 Å². The van der Waals surface area contributed by atoms with Crippen LogP contribution >= 0.6 is 11.6 Å². The number of amides is 2. The van der Waals surface area contributed by atoms with Crippen LogP contribution in [0.4, 0.5) is 5.69 Å². The summed E-state index contributed by atoms with van der Waals surface area (Å²) in [5, 5.41) is 3.59. The van der Waals surface area contributed by atoms with Gasteiger partial charge in [0.2, 0.25) is 11.8 Å². The Kier molecular flexibility index (Phi) is 11.4. The Labute approximate surface area is 283 Å². The molecule has 7 nitrogen and oxygen atoms in total. The van der Waals surface area contributed by atoms with Gasteiger partial charge in [0.25, 0.3) is 10.0 Å². The Morgan fingerprint density at radius 3 is 2.15 bits per heavy atom. The second-order valence-electron chi connectivity index (χ2n) is 12.3. The van der Waals surface area contributed by atoms with E-state index in [2.05, 4.69) is 5.32 Å². The number of sulfonamides is 1. The SMILES string of the molecule is Cc1ccccc1CN(C(=O)CN(c1cc(Cl)ccc1C)S(=O)(=O)c1ccccc1)C(Cc1ccccc1)C(=O)NC1CCCCC1. The molecule has 0 aromatic heterocycles. The molecule has 0 heterocycles. The Balaban J connectivity index is 1.59. The van der Waals surface area contributed by atoms with E-state index >= 15 is 0 Å². The molecular weight excluding hydrogens is 630 g/mol. The molecule has 47 heavy (non-hydrogen) atoms. The van der Waals surface area contributed by atoms with E-state index in [4.69, 9.17) is 11.6 Å². The minimum Gasteiger partial charge on any atom is -0.352 e. The number of benzene rings is 4. The molecule has 1 atom stereocenters. The summed E-state index contributed by atoms with van der Waals surface area (Å²) in [5.74, 6) is -0.731. The van der Waals surface area contributed by atoms with Gasteiger partial charge < -0.3 is 10.2 Å². The van der Waals surface area contributed by atoms with Crippen molar-refractivity contribution < 1.29 is 18.0 Å². The predicted molar refractivity (Wildman–Crippen MR) is 188 cm³/mol. The van der Waals surface area contributed by atoms with Crippen molar-refractivity contribution >= 4 is 39.1 Å². The largest absolute Gasteiger partial charge is 0.352 e. The van der Waals surface area contributed by atoms with Gasteiger partial charge in [-0.1, -0.05) is 110 Å². The van der Waals surface area contributed by atoms with E-state index in [0.717, 1.165) is 53.1 Å². The maximum Gasteiger partial charge on any atom is 0.264 e. The van der Waals surface area contributed by atoms with Crippen molar-refractivity contribution in [2.24, 2.45) is 0 Å². The second kappa shape index (κ2) is 15.6. The first kappa shape index (κ1) is 34.2. The van der Waals surface area contributed by atoms with Crippen molar-refractivity contribution in [3.63, 3.8) is 0 Å². The molecular formula is C38H42ClN3O4S.